The number of carbonyl (C=O) groups excluding carboxylic acids is 1. The van der Waals surface area contributed by atoms with Crippen molar-refractivity contribution in [2.45, 2.75) is 68.2 Å². The zero-order valence-corrected chi connectivity index (χ0v) is 30.4. The molecule has 1 amide bonds. The van der Waals surface area contributed by atoms with E-state index < -0.39 is 38.1 Å². The molecule has 4 rings (SSSR count). The van der Waals surface area contributed by atoms with Crippen LogP contribution < -0.4 is 14.2 Å². The van der Waals surface area contributed by atoms with E-state index in [0.29, 0.717) is 25.2 Å². The molecule has 2 N–H and O–H groups in total. The molecule has 2 heterocycles. The minimum Gasteiger partial charge on any atom is -0.497 e. The van der Waals surface area contributed by atoms with E-state index >= 15 is 0 Å². The fourth-order valence-corrected chi connectivity index (χ4v) is 7.68. The van der Waals surface area contributed by atoms with Crippen LogP contribution >= 0.6 is 0 Å². The normalized spacial score (nSPS) is 20.6. The Morgan fingerprint density at radius 3 is 2.47 bits per heavy atom. The van der Waals surface area contributed by atoms with Crippen LogP contribution in [0, 0.1) is 5.92 Å². The van der Waals surface area contributed by atoms with Gasteiger partial charge in [0, 0.05) is 51.6 Å². The molecule has 0 saturated heterocycles. The van der Waals surface area contributed by atoms with Crippen molar-refractivity contribution >= 4 is 31.6 Å². The van der Waals surface area contributed by atoms with Crippen LogP contribution in [0.5, 0.6) is 11.5 Å². The number of nitrogens with one attached hydrogen (secondary N) is 1. The van der Waals surface area contributed by atoms with E-state index in [9.17, 15) is 26.7 Å². The first kappa shape index (κ1) is 38.1. The second-order valence-electron chi connectivity index (χ2n) is 12.5. The second-order valence-corrected chi connectivity index (χ2v) is 16.1. The molecule has 2 aromatic carbocycles. The first-order valence-corrected chi connectivity index (χ1v) is 19.0. The fourth-order valence-electron chi connectivity index (χ4n) is 5.46. The monoisotopic (exact) mass is 721 g/mol. The number of aromatic nitrogens is 2. The summed E-state index contributed by atoms with van der Waals surface area (Å²) < 4.78 is 76.1. The SMILES string of the molecule is COc1ccc(S(=O)(=O)N(C)C[C@@H]2OCCCC[C@H](C)Oc3ccc(NS(=O)(=O)c4cn(C)cn4)cc3C(=O)N([C@@H](C)CO)C[C@H]2C)cc1. The highest BCUT2D eigenvalue weighted by atomic mass is 32.2. The van der Waals surface area contributed by atoms with Crippen LogP contribution in [0.25, 0.3) is 0 Å². The zero-order chi connectivity index (χ0) is 35.9. The maximum absolute atomic E-state index is 14.4. The number of hydrogen-bond acceptors (Lipinski definition) is 10. The Hall–Kier alpha value is -3.70. The second kappa shape index (κ2) is 16.3. The van der Waals surface area contributed by atoms with Crippen LogP contribution in [-0.2, 0) is 31.8 Å². The summed E-state index contributed by atoms with van der Waals surface area (Å²) in [6.07, 6.45) is 3.94. The van der Waals surface area contributed by atoms with E-state index in [-0.39, 0.29) is 58.6 Å². The zero-order valence-electron chi connectivity index (χ0n) is 28.8. The predicted molar refractivity (Wildman–Crippen MR) is 184 cm³/mol. The number of aliphatic hydroxyl groups is 1. The smallest absolute Gasteiger partial charge is 0.280 e. The molecule has 0 saturated carbocycles. The minimum absolute atomic E-state index is 0.0145. The van der Waals surface area contributed by atoms with E-state index in [0.717, 1.165) is 6.42 Å². The van der Waals surface area contributed by atoms with Gasteiger partial charge in [0.25, 0.3) is 15.9 Å². The number of rotatable bonds is 10. The van der Waals surface area contributed by atoms with Gasteiger partial charge >= 0.3 is 0 Å². The number of nitrogens with zero attached hydrogens (tertiary/aromatic N) is 4. The van der Waals surface area contributed by atoms with Crippen molar-refractivity contribution in [2.24, 2.45) is 13.0 Å². The van der Waals surface area contributed by atoms with E-state index in [1.54, 1.807) is 32.2 Å². The number of fused-ring (bicyclic) bond motifs is 1. The molecule has 0 aliphatic carbocycles. The van der Waals surface area contributed by atoms with Gasteiger partial charge in [-0.3, -0.25) is 9.52 Å². The Bertz CT molecular complexity index is 1780. The van der Waals surface area contributed by atoms with Gasteiger partial charge in [-0.15, -0.1) is 0 Å². The summed E-state index contributed by atoms with van der Waals surface area (Å²) in [4.78, 5) is 19.9. The van der Waals surface area contributed by atoms with Gasteiger partial charge in [0.2, 0.25) is 10.0 Å². The molecule has 1 aliphatic rings. The van der Waals surface area contributed by atoms with Crippen molar-refractivity contribution in [3.8, 4) is 11.5 Å². The van der Waals surface area contributed by atoms with E-state index in [1.807, 2.05) is 13.8 Å². The highest BCUT2D eigenvalue weighted by Gasteiger charge is 2.33. The van der Waals surface area contributed by atoms with Gasteiger partial charge in [-0.25, -0.2) is 13.4 Å². The number of aliphatic hydroxyl groups excluding tert-OH is 1. The summed E-state index contributed by atoms with van der Waals surface area (Å²) in [7, 11) is -3.29. The van der Waals surface area contributed by atoms with Crippen molar-refractivity contribution in [1.29, 1.82) is 0 Å². The van der Waals surface area contributed by atoms with Gasteiger partial charge in [0.15, 0.2) is 5.03 Å². The highest BCUT2D eigenvalue weighted by molar-refractivity contribution is 7.92. The van der Waals surface area contributed by atoms with Crippen LogP contribution in [0.2, 0.25) is 0 Å². The third-order valence-electron chi connectivity index (χ3n) is 8.46. The molecule has 270 valence electrons. The van der Waals surface area contributed by atoms with E-state index in [4.69, 9.17) is 14.2 Å². The lowest BCUT2D eigenvalue weighted by molar-refractivity contribution is -0.00833. The lowest BCUT2D eigenvalue weighted by Crippen LogP contribution is -2.48. The average Bonchev–Trinajstić information content (AvgIpc) is 3.53. The summed E-state index contributed by atoms with van der Waals surface area (Å²) in [5.41, 5.74) is 0.237. The number of methoxy groups -OCH3 is 1. The molecule has 1 aromatic heterocycles. The molecule has 0 spiro atoms. The summed E-state index contributed by atoms with van der Waals surface area (Å²) in [6, 6.07) is 9.98. The van der Waals surface area contributed by atoms with Crippen molar-refractivity contribution in [3.05, 3.63) is 60.6 Å². The van der Waals surface area contributed by atoms with Gasteiger partial charge < -0.3 is 28.8 Å². The van der Waals surface area contributed by atoms with Crippen molar-refractivity contribution in [3.63, 3.8) is 0 Å². The number of anilines is 1. The maximum Gasteiger partial charge on any atom is 0.280 e. The number of sulfonamides is 2. The van der Waals surface area contributed by atoms with Crippen LogP contribution in [0.4, 0.5) is 5.69 Å². The molecule has 4 atom stereocenters. The Kier molecular flexibility index (Phi) is 12.7. The lowest BCUT2D eigenvalue weighted by atomic mass is 10.0. The largest absolute Gasteiger partial charge is 0.497 e. The van der Waals surface area contributed by atoms with Crippen LogP contribution in [0.3, 0.4) is 0 Å². The van der Waals surface area contributed by atoms with Crippen LogP contribution in [0.1, 0.15) is 50.4 Å². The molecule has 0 bridgehead atoms. The number of carbonyl (C=O) groups is 1. The van der Waals surface area contributed by atoms with Crippen molar-refractivity contribution in [1.82, 2.24) is 18.8 Å². The third kappa shape index (κ3) is 9.51. The Morgan fingerprint density at radius 2 is 1.84 bits per heavy atom. The van der Waals surface area contributed by atoms with Crippen molar-refractivity contribution < 1.29 is 40.9 Å². The van der Waals surface area contributed by atoms with Gasteiger partial charge in [-0.2, -0.15) is 12.7 Å². The Labute approximate surface area is 289 Å². The summed E-state index contributed by atoms with van der Waals surface area (Å²) in [5, 5.41) is 10.0. The number of benzene rings is 2. The summed E-state index contributed by atoms with van der Waals surface area (Å²) in [5.74, 6) is -0.0735. The highest BCUT2D eigenvalue weighted by Crippen LogP contribution is 2.30. The lowest BCUT2D eigenvalue weighted by Gasteiger charge is -2.35. The molecule has 49 heavy (non-hydrogen) atoms. The first-order chi connectivity index (χ1) is 23.2. The molecular weight excluding hydrogens is 675 g/mol. The number of amides is 1. The quantitative estimate of drug-likeness (QED) is 0.317. The number of imidazole rings is 1. The fraction of sp³-hybridized carbons (Fsp3) is 0.515. The standard InChI is InChI=1S/C33H47N5O9S2/c1-23-18-38(24(2)21-39)33(40)29-17-26(35-48(41,42)32-20-36(4)22-34-32)10-15-30(29)47-25(3)9-7-8-16-46-31(23)19-37(5)49(43,44)28-13-11-27(45-6)12-14-28/h10-15,17,20,22-25,31,35,39H,7-9,16,18-19,21H2,1-6H3/t23-,24+,25+,31+/m1/s1. The predicted octanol–water partition coefficient (Wildman–Crippen LogP) is 3.35. The van der Waals surface area contributed by atoms with Crippen molar-refractivity contribution in [2.75, 3.05) is 45.2 Å². The number of ether oxygens (including phenoxy) is 3. The first-order valence-electron chi connectivity index (χ1n) is 16.1. The topological polar surface area (TPSA) is 170 Å². The summed E-state index contributed by atoms with van der Waals surface area (Å²) in [6.45, 7) is 5.58. The molecule has 16 heteroatoms. The molecule has 1 aliphatic heterocycles. The molecule has 0 radical (unpaired) electrons. The molecule has 14 nitrogen and oxygen atoms in total. The molecule has 0 fully saturated rings. The van der Waals surface area contributed by atoms with Gasteiger partial charge in [0.1, 0.15) is 11.5 Å². The molecule has 0 unspecified atom stereocenters. The number of likely N-dealkylation sites (N-methyl/N-ethyl adjacent to an activating group) is 1. The van der Waals surface area contributed by atoms with Crippen LogP contribution in [0.15, 0.2) is 64.9 Å². The molecular formula is C33H47N5O9S2. The van der Waals surface area contributed by atoms with Gasteiger partial charge in [-0.1, -0.05) is 6.92 Å². The van der Waals surface area contributed by atoms with Gasteiger partial charge in [-0.05, 0) is 75.6 Å². The number of aryl methyl sites for hydroxylation is 1. The molecule has 3 aromatic rings. The summed E-state index contributed by atoms with van der Waals surface area (Å²) >= 11 is 0. The third-order valence-corrected chi connectivity index (χ3v) is 11.6. The minimum atomic E-state index is -4.06. The Morgan fingerprint density at radius 1 is 1.12 bits per heavy atom. The average molecular weight is 722 g/mol. The Balaban J connectivity index is 1.66. The van der Waals surface area contributed by atoms with Crippen LogP contribution in [-0.4, -0.2) is 105 Å². The number of hydrogen-bond donors (Lipinski definition) is 2. The van der Waals surface area contributed by atoms with E-state index in [2.05, 4.69) is 9.71 Å². The van der Waals surface area contributed by atoms with Gasteiger partial charge in [0.05, 0.1) is 48.8 Å². The van der Waals surface area contributed by atoms with E-state index in [1.165, 1.54) is 64.7 Å². The maximum atomic E-state index is 14.4.